The lowest BCUT2D eigenvalue weighted by Crippen LogP contribution is -1.97. The number of nitrogens with zero attached hydrogens (tertiary/aromatic N) is 4. The van der Waals surface area contributed by atoms with Crippen molar-refractivity contribution in [1.29, 1.82) is 0 Å². The van der Waals surface area contributed by atoms with Crippen LogP contribution >= 0.6 is 11.8 Å². The standard InChI is InChI=1S/C23H18N4O2S/c1-28-20-12-16-18(13-21(20)29-2)24-14-25-22(16)30-23-26-17-10-6-7-11-19(17)27(23)15-8-4-3-5-9-15/h3-14H,1-2H3. The van der Waals surface area contributed by atoms with Crippen molar-refractivity contribution in [2.45, 2.75) is 10.2 Å². The van der Waals surface area contributed by atoms with Crippen LogP contribution in [0.1, 0.15) is 0 Å². The SMILES string of the molecule is COc1cc2ncnc(Sc3nc4ccccc4n3-c3ccccc3)c2cc1OC. The summed E-state index contributed by atoms with van der Waals surface area (Å²) in [6, 6.07) is 22.1. The molecule has 0 spiro atoms. The summed E-state index contributed by atoms with van der Waals surface area (Å²) in [7, 11) is 3.23. The van der Waals surface area contributed by atoms with E-state index < -0.39 is 0 Å². The molecule has 0 N–H and O–H groups in total. The average molecular weight is 414 g/mol. The van der Waals surface area contributed by atoms with E-state index in [-0.39, 0.29) is 0 Å². The van der Waals surface area contributed by atoms with E-state index in [1.165, 1.54) is 11.8 Å². The van der Waals surface area contributed by atoms with Crippen LogP contribution in [-0.2, 0) is 0 Å². The molecule has 0 atom stereocenters. The van der Waals surface area contributed by atoms with Crippen LogP contribution in [0.2, 0.25) is 0 Å². The third-order valence-electron chi connectivity index (χ3n) is 4.84. The second-order valence-corrected chi connectivity index (χ2v) is 7.52. The van der Waals surface area contributed by atoms with Gasteiger partial charge in [0.1, 0.15) is 11.4 Å². The number of benzene rings is 3. The van der Waals surface area contributed by atoms with Crippen LogP contribution in [0.5, 0.6) is 11.5 Å². The number of ether oxygens (including phenoxy) is 2. The van der Waals surface area contributed by atoms with Gasteiger partial charge in [0, 0.05) is 17.1 Å². The van der Waals surface area contributed by atoms with Crippen LogP contribution in [-0.4, -0.2) is 33.7 Å². The molecule has 6 nitrogen and oxygen atoms in total. The molecule has 0 amide bonds. The Hall–Kier alpha value is -3.58. The van der Waals surface area contributed by atoms with Gasteiger partial charge in [-0.2, -0.15) is 0 Å². The Morgan fingerprint density at radius 2 is 1.53 bits per heavy atom. The van der Waals surface area contributed by atoms with E-state index in [1.807, 2.05) is 48.5 Å². The molecule has 2 aromatic heterocycles. The maximum absolute atomic E-state index is 5.48. The molecule has 5 rings (SSSR count). The van der Waals surface area contributed by atoms with Gasteiger partial charge in [0.05, 0.1) is 30.8 Å². The van der Waals surface area contributed by atoms with Crippen molar-refractivity contribution in [2.75, 3.05) is 14.2 Å². The van der Waals surface area contributed by atoms with Crippen LogP contribution in [0.3, 0.4) is 0 Å². The number of fused-ring (bicyclic) bond motifs is 2. The first-order valence-corrected chi connectivity index (χ1v) is 10.2. The van der Waals surface area contributed by atoms with E-state index in [9.17, 15) is 0 Å². The quantitative estimate of drug-likeness (QED) is 0.371. The predicted molar refractivity (Wildman–Crippen MR) is 118 cm³/mol. The fraction of sp³-hybridized carbons (Fsp3) is 0.0870. The summed E-state index contributed by atoms with van der Waals surface area (Å²) < 4.78 is 13.0. The summed E-state index contributed by atoms with van der Waals surface area (Å²) >= 11 is 1.50. The lowest BCUT2D eigenvalue weighted by molar-refractivity contribution is 0.355. The van der Waals surface area contributed by atoms with E-state index in [1.54, 1.807) is 20.5 Å². The Morgan fingerprint density at radius 3 is 2.33 bits per heavy atom. The Labute approximate surface area is 177 Å². The minimum absolute atomic E-state index is 0.635. The molecule has 0 aliphatic rings. The number of para-hydroxylation sites is 3. The van der Waals surface area contributed by atoms with E-state index in [4.69, 9.17) is 14.5 Å². The minimum atomic E-state index is 0.635. The Morgan fingerprint density at radius 1 is 0.800 bits per heavy atom. The highest BCUT2D eigenvalue weighted by Crippen LogP contribution is 2.38. The first-order chi connectivity index (χ1) is 14.8. The van der Waals surface area contributed by atoms with Crippen LogP contribution in [0.15, 0.2) is 83.2 Å². The lowest BCUT2D eigenvalue weighted by Gasteiger charge is -2.11. The van der Waals surface area contributed by atoms with E-state index in [2.05, 4.69) is 32.7 Å². The maximum atomic E-state index is 5.48. The second-order valence-electron chi connectivity index (χ2n) is 6.56. The Bertz CT molecular complexity index is 1350. The highest BCUT2D eigenvalue weighted by Gasteiger charge is 2.17. The molecular weight excluding hydrogens is 396 g/mol. The van der Waals surface area contributed by atoms with Crippen LogP contribution in [0.4, 0.5) is 0 Å². The molecule has 30 heavy (non-hydrogen) atoms. The van der Waals surface area contributed by atoms with Crippen LogP contribution in [0.25, 0.3) is 27.6 Å². The molecule has 0 aliphatic heterocycles. The van der Waals surface area contributed by atoms with Gasteiger partial charge in [0.15, 0.2) is 16.7 Å². The van der Waals surface area contributed by atoms with Gasteiger partial charge in [-0.3, -0.25) is 4.57 Å². The molecule has 5 aromatic rings. The van der Waals surface area contributed by atoms with Gasteiger partial charge in [-0.1, -0.05) is 30.3 Å². The van der Waals surface area contributed by atoms with Crippen LogP contribution in [0, 0.1) is 0 Å². The topological polar surface area (TPSA) is 62.1 Å². The van der Waals surface area contributed by atoms with Gasteiger partial charge in [-0.25, -0.2) is 15.0 Å². The number of hydrogen-bond donors (Lipinski definition) is 0. The van der Waals surface area contributed by atoms with Crippen LogP contribution < -0.4 is 9.47 Å². The summed E-state index contributed by atoms with van der Waals surface area (Å²) in [4.78, 5) is 13.8. The zero-order chi connectivity index (χ0) is 20.5. The van der Waals surface area contributed by atoms with Gasteiger partial charge in [0.25, 0.3) is 0 Å². The third kappa shape index (κ3) is 3.13. The first kappa shape index (κ1) is 18.4. The Balaban J connectivity index is 1.69. The van der Waals surface area contributed by atoms with Crippen molar-refractivity contribution in [3.63, 3.8) is 0 Å². The van der Waals surface area contributed by atoms with Crippen molar-refractivity contribution in [3.05, 3.63) is 73.1 Å². The lowest BCUT2D eigenvalue weighted by atomic mass is 10.2. The molecule has 0 saturated heterocycles. The summed E-state index contributed by atoms with van der Waals surface area (Å²) in [5, 5.41) is 2.51. The minimum Gasteiger partial charge on any atom is -0.493 e. The van der Waals surface area contributed by atoms with Crippen molar-refractivity contribution in [1.82, 2.24) is 19.5 Å². The van der Waals surface area contributed by atoms with E-state index in [0.29, 0.717) is 11.5 Å². The zero-order valence-electron chi connectivity index (χ0n) is 16.4. The number of aromatic nitrogens is 4. The van der Waals surface area contributed by atoms with E-state index in [0.717, 1.165) is 37.8 Å². The molecule has 0 fully saturated rings. The molecule has 2 heterocycles. The van der Waals surface area contributed by atoms with Crippen molar-refractivity contribution >= 4 is 33.7 Å². The van der Waals surface area contributed by atoms with Gasteiger partial charge in [-0.05, 0) is 42.1 Å². The fourth-order valence-corrected chi connectivity index (χ4v) is 4.41. The number of hydrogen-bond acceptors (Lipinski definition) is 6. The highest BCUT2D eigenvalue weighted by atomic mass is 32.2. The number of rotatable bonds is 5. The number of imidazole rings is 1. The molecule has 3 aromatic carbocycles. The van der Waals surface area contributed by atoms with Gasteiger partial charge in [0.2, 0.25) is 0 Å². The number of methoxy groups -OCH3 is 2. The molecule has 7 heteroatoms. The maximum Gasteiger partial charge on any atom is 0.180 e. The summed E-state index contributed by atoms with van der Waals surface area (Å²) in [6.07, 6.45) is 1.56. The molecule has 0 radical (unpaired) electrons. The third-order valence-corrected chi connectivity index (χ3v) is 5.81. The first-order valence-electron chi connectivity index (χ1n) is 9.36. The average Bonchev–Trinajstić information content (AvgIpc) is 3.16. The predicted octanol–water partition coefficient (Wildman–Crippen LogP) is 5.14. The molecular formula is C23H18N4O2S. The van der Waals surface area contributed by atoms with Crippen molar-refractivity contribution < 1.29 is 9.47 Å². The molecule has 0 bridgehead atoms. The van der Waals surface area contributed by atoms with E-state index >= 15 is 0 Å². The molecule has 0 unspecified atom stereocenters. The summed E-state index contributed by atoms with van der Waals surface area (Å²) in [5.74, 6) is 1.27. The van der Waals surface area contributed by atoms with Crippen molar-refractivity contribution in [2.24, 2.45) is 0 Å². The zero-order valence-corrected chi connectivity index (χ0v) is 17.3. The van der Waals surface area contributed by atoms with Crippen molar-refractivity contribution in [3.8, 4) is 17.2 Å². The highest BCUT2D eigenvalue weighted by molar-refractivity contribution is 7.99. The summed E-state index contributed by atoms with van der Waals surface area (Å²) in [5.41, 5.74) is 3.81. The fourth-order valence-electron chi connectivity index (χ4n) is 3.43. The smallest absolute Gasteiger partial charge is 0.180 e. The summed E-state index contributed by atoms with van der Waals surface area (Å²) in [6.45, 7) is 0. The largest absolute Gasteiger partial charge is 0.493 e. The monoisotopic (exact) mass is 414 g/mol. The van der Waals surface area contributed by atoms with Gasteiger partial charge < -0.3 is 9.47 Å². The molecule has 0 aliphatic carbocycles. The normalized spacial score (nSPS) is 11.1. The second kappa shape index (κ2) is 7.68. The Kier molecular flexibility index (Phi) is 4.72. The molecule has 148 valence electrons. The van der Waals surface area contributed by atoms with Gasteiger partial charge >= 0.3 is 0 Å². The van der Waals surface area contributed by atoms with Gasteiger partial charge in [-0.15, -0.1) is 0 Å². The molecule has 0 saturated carbocycles.